The summed E-state index contributed by atoms with van der Waals surface area (Å²) in [4.78, 5) is 27.1. The van der Waals surface area contributed by atoms with Crippen LogP contribution in [0.2, 0.25) is 0 Å². The smallest absolute Gasteiger partial charge is 0.410 e. The van der Waals surface area contributed by atoms with Crippen LogP contribution in [0.4, 0.5) is 10.5 Å². The van der Waals surface area contributed by atoms with Gasteiger partial charge in [-0.25, -0.2) is 22.8 Å². The molecule has 0 aliphatic heterocycles. The number of carbonyl (C=O) groups excluding carboxylic acids is 1. The zero-order chi connectivity index (χ0) is 28.8. The SMILES string of the molecule is O=C(Oc1ccc([N+](=O)[O-])cc1)n1cnc(-c2ccc(S(=O)(=O)N(Cc3ccccc3)Cc3ccccc3)cc2)c1. The number of rotatable bonds is 9. The molecule has 0 aliphatic rings. The van der Waals surface area contributed by atoms with E-state index in [9.17, 15) is 23.3 Å². The molecule has 5 aromatic rings. The zero-order valence-electron chi connectivity index (χ0n) is 21.6. The van der Waals surface area contributed by atoms with Crippen molar-refractivity contribution in [1.29, 1.82) is 0 Å². The number of nitrogens with zero attached hydrogens (tertiary/aromatic N) is 4. The number of aromatic nitrogens is 2. The number of imidazole rings is 1. The number of sulfonamides is 1. The first-order valence-corrected chi connectivity index (χ1v) is 13.9. The van der Waals surface area contributed by atoms with Gasteiger partial charge in [0.15, 0.2) is 0 Å². The minimum atomic E-state index is -3.86. The van der Waals surface area contributed by atoms with Gasteiger partial charge in [0.05, 0.1) is 15.5 Å². The van der Waals surface area contributed by atoms with Crippen LogP contribution in [0, 0.1) is 10.1 Å². The van der Waals surface area contributed by atoms with E-state index in [0.29, 0.717) is 11.3 Å². The van der Waals surface area contributed by atoms with Gasteiger partial charge < -0.3 is 4.74 Å². The van der Waals surface area contributed by atoms with E-state index in [4.69, 9.17) is 4.74 Å². The molecule has 0 radical (unpaired) electrons. The molecule has 0 amide bonds. The van der Waals surface area contributed by atoms with Crippen LogP contribution in [-0.2, 0) is 23.1 Å². The number of nitro groups is 1. The molecule has 0 unspecified atom stereocenters. The van der Waals surface area contributed by atoms with Crippen molar-refractivity contribution in [2.24, 2.45) is 0 Å². The van der Waals surface area contributed by atoms with Crippen molar-refractivity contribution >= 4 is 21.8 Å². The largest absolute Gasteiger partial charge is 0.424 e. The van der Waals surface area contributed by atoms with Crippen LogP contribution in [0.15, 0.2) is 127 Å². The van der Waals surface area contributed by atoms with Gasteiger partial charge in [-0.3, -0.25) is 10.1 Å². The van der Waals surface area contributed by atoms with E-state index in [1.807, 2.05) is 60.7 Å². The molecule has 41 heavy (non-hydrogen) atoms. The molecule has 0 bridgehead atoms. The first-order chi connectivity index (χ1) is 19.8. The maximum absolute atomic E-state index is 13.7. The standard InChI is InChI=1S/C30H24N4O6S/c35-30(40-27-15-13-26(14-16-27)34(36)37)32-21-29(31-22-32)25-11-17-28(18-12-25)41(38,39)33(19-23-7-3-1-4-8-23)20-24-9-5-2-6-10-24/h1-18,21-22H,19-20H2. The minimum absolute atomic E-state index is 0.122. The van der Waals surface area contributed by atoms with Crippen LogP contribution < -0.4 is 4.74 Å². The van der Waals surface area contributed by atoms with E-state index < -0.39 is 21.0 Å². The van der Waals surface area contributed by atoms with Crippen molar-refractivity contribution in [3.63, 3.8) is 0 Å². The van der Waals surface area contributed by atoms with Crippen LogP contribution >= 0.6 is 0 Å². The highest BCUT2D eigenvalue weighted by atomic mass is 32.2. The van der Waals surface area contributed by atoms with Gasteiger partial charge in [-0.2, -0.15) is 4.31 Å². The van der Waals surface area contributed by atoms with Crippen molar-refractivity contribution in [2.75, 3.05) is 0 Å². The minimum Gasteiger partial charge on any atom is -0.410 e. The molecule has 206 valence electrons. The first kappa shape index (κ1) is 27.4. The van der Waals surface area contributed by atoms with E-state index in [-0.39, 0.29) is 29.4 Å². The van der Waals surface area contributed by atoms with E-state index in [1.165, 1.54) is 53.2 Å². The van der Waals surface area contributed by atoms with Gasteiger partial charge in [-0.15, -0.1) is 0 Å². The topological polar surface area (TPSA) is 125 Å². The third-order valence-corrected chi connectivity index (χ3v) is 8.04. The normalized spacial score (nSPS) is 11.3. The molecule has 4 aromatic carbocycles. The first-order valence-electron chi connectivity index (χ1n) is 12.5. The lowest BCUT2D eigenvalue weighted by atomic mass is 10.2. The summed E-state index contributed by atoms with van der Waals surface area (Å²) in [6, 6.07) is 30.2. The Labute approximate surface area is 236 Å². The number of ether oxygens (including phenoxy) is 1. The van der Waals surface area contributed by atoms with Crippen molar-refractivity contribution in [2.45, 2.75) is 18.0 Å². The third-order valence-electron chi connectivity index (χ3n) is 6.24. The predicted molar refractivity (Wildman–Crippen MR) is 151 cm³/mol. The van der Waals surface area contributed by atoms with Gasteiger partial charge >= 0.3 is 6.09 Å². The lowest BCUT2D eigenvalue weighted by Crippen LogP contribution is -2.30. The van der Waals surface area contributed by atoms with Crippen LogP contribution in [0.25, 0.3) is 11.3 Å². The Balaban J connectivity index is 1.33. The number of nitro benzene ring substituents is 1. The lowest BCUT2D eigenvalue weighted by molar-refractivity contribution is -0.384. The number of carbonyl (C=O) groups is 1. The highest BCUT2D eigenvalue weighted by Crippen LogP contribution is 2.25. The summed E-state index contributed by atoms with van der Waals surface area (Å²) < 4.78 is 35.3. The Morgan fingerprint density at radius 1 is 0.829 bits per heavy atom. The summed E-state index contributed by atoms with van der Waals surface area (Å²) in [6.07, 6.45) is 1.97. The Bertz CT molecular complexity index is 1710. The monoisotopic (exact) mass is 568 g/mol. The van der Waals surface area contributed by atoms with Crippen LogP contribution in [0.1, 0.15) is 11.1 Å². The highest BCUT2D eigenvalue weighted by Gasteiger charge is 2.25. The Morgan fingerprint density at radius 3 is 1.93 bits per heavy atom. The van der Waals surface area contributed by atoms with Gasteiger partial charge in [0, 0.05) is 37.0 Å². The average molecular weight is 569 g/mol. The van der Waals surface area contributed by atoms with Crippen molar-refractivity contribution in [3.8, 4) is 17.0 Å². The second-order valence-corrected chi connectivity index (χ2v) is 11.0. The second-order valence-electron chi connectivity index (χ2n) is 9.05. The molecule has 1 aromatic heterocycles. The molecule has 0 N–H and O–H groups in total. The fourth-order valence-corrected chi connectivity index (χ4v) is 5.52. The molecular weight excluding hydrogens is 544 g/mol. The number of benzene rings is 4. The van der Waals surface area contributed by atoms with Crippen LogP contribution in [0.5, 0.6) is 5.75 Å². The molecule has 10 nitrogen and oxygen atoms in total. The van der Waals surface area contributed by atoms with Crippen LogP contribution in [-0.4, -0.2) is 33.3 Å². The number of hydrogen-bond acceptors (Lipinski definition) is 7. The fourth-order valence-electron chi connectivity index (χ4n) is 4.11. The molecule has 0 spiro atoms. The van der Waals surface area contributed by atoms with Crippen molar-refractivity contribution in [3.05, 3.63) is 143 Å². The fraction of sp³-hybridized carbons (Fsp3) is 0.0667. The third kappa shape index (κ3) is 6.55. The summed E-state index contributed by atoms with van der Waals surface area (Å²) in [5.41, 5.74) is 2.65. The highest BCUT2D eigenvalue weighted by molar-refractivity contribution is 7.89. The summed E-state index contributed by atoms with van der Waals surface area (Å²) in [7, 11) is -3.86. The quantitative estimate of drug-likeness (QED) is 0.160. The molecule has 0 atom stereocenters. The summed E-state index contributed by atoms with van der Waals surface area (Å²) in [6.45, 7) is 0.419. The number of hydrogen-bond donors (Lipinski definition) is 0. The van der Waals surface area contributed by atoms with E-state index >= 15 is 0 Å². The van der Waals surface area contributed by atoms with Gasteiger partial charge in [-0.05, 0) is 35.4 Å². The van der Waals surface area contributed by atoms with Gasteiger partial charge in [0.1, 0.15) is 12.1 Å². The lowest BCUT2D eigenvalue weighted by Gasteiger charge is -2.23. The molecule has 0 saturated heterocycles. The van der Waals surface area contributed by atoms with Crippen LogP contribution in [0.3, 0.4) is 0 Å². The van der Waals surface area contributed by atoms with Crippen molar-refractivity contribution < 1.29 is 22.9 Å². The summed E-state index contributed by atoms with van der Waals surface area (Å²) >= 11 is 0. The molecule has 5 rings (SSSR count). The van der Waals surface area contributed by atoms with Crippen molar-refractivity contribution in [1.82, 2.24) is 13.9 Å². The predicted octanol–water partition coefficient (Wildman–Crippen LogP) is 5.90. The Kier molecular flexibility index (Phi) is 7.99. The number of non-ortho nitro benzene ring substituents is 1. The van der Waals surface area contributed by atoms with E-state index in [2.05, 4.69) is 4.98 Å². The Hall–Kier alpha value is -5.13. The zero-order valence-corrected chi connectivity index (χ0v) is 22.4. The molecule has 0 fully saturated rings. The molecular formula is C30H24N4O6S. The Morgan fingerprint density at radius 2 is 1.39 bits per heavy atom. The van der Waals surface area contributed by atoms with Gasteiger partial charge in [0.25, 0.3) is 5.69 Å². The second kappa shape index (κ2) is 11.9. The average Bonchev–Trinajstić information content (AvgIpc) is 3.49. The summed E-state index contributed by atoms with van der Waals surface area (Å²) in [5.74, 6) is 0.140. The van der Waals surface area contributed by atoms with E-state index in [1.54, 1.807) is 12.1 Å². The maximum Gasteiger partial charge on any atom is 0.424 e. The van der Waals surface area contributed by atoms with E-state index in [0.717, 1.165) is 15.7 Å². The summed E-state index contributed by atoms with van der Waals surface area (Å²) in [5, 5.41) is 10.8. The maximum atomic E-state index is 13.7. The molecule has 0 saturated carbocycles. The molecule has 0 aliphatic carbocycles. The molecule has 11 heteroatoms. The molecule has 1 heterocycles. The van der Waals surface area contributed by atoms with Gasteiger partial charge in [0.2, 0.25) is 10.0 Å². The van der Waals surface area contributed by atoms with Gasteiger partial charge in [-0.1, -0.05) is 72.8 Å².